The zero-order valence-electron chi connectivity index (χ0n) is 16.9. The van der Waals surface area contributed by atoms with Gasteiger partial charge in [0, 0.05) is 19.6 Å². The van der Waals surface area contributed by atoms with E-state index in [1.54, 1.807) is 7.11 Å². The van der Waals surface area contributed by atoms with Gasteiger partial charge in [0.25, 0.3) is 0 Å². The first-order valence-electron chi connectivity index (χ1n) is 10.0. The molecule has 0 aliphatic heterocycles. The molecule has 1 saturated carbocycles. The number of hydrogen-bond donors (Lipinski definition) is 2. The summed E-state index contributed by atoms with van der Waals surface area (Å²) in [5, 5.41) is 13.9. The summed E-state index contributed by atoms with van der Waals surface area (Å²) < 4.78 is 11.3. The van der Waals surface area contributed by atoms with Crippen molar-refractivity contribution >= 4 is 0 Å². The van der Waals surface area contributed by atoms with E-state index in [1.165, 1.54) is 18.4 Å². The maximum absolute atomic E-state index is 10.4. The van der Waals surface area contributed by atoms with Gasteiger partial charge < -0.3 is 19.9 Å². The van der Waals surface area contributed by atoms with E-state index < -0.39 is 6.10 Å². The summed E-state index contributed by atoms with van der Waals surface area (Å²) >= 11 is 0. The van der Waals surface area contributed by atoms with Gasteiger partial charge in [-0.1, -0.05) is 36.4 Å². The van der Waals surface area contributed by atoms with Crippen LogP contribution in [0.3, 0.4) is 0 Å². The van der Waals surface area contributed by atoms with Gasteiger partial charge >= 0.3 is 0 Å². The molecule has 28 heavy (non-hydrogen) atoms. The largest absolute Gasteiger partial charge is 0.493 e. The second-order valence-electron chi connectivity index (χ2n) is 7.71. The van der Waals surface area contributed by atoms with Crippen molar-refractivity contribution in [2.75, 3.05) is 33.9 Å². The van der Waals surface area contributed by atoms with E-state index in [0.29, 0.717) is 18.0 Å². The Kier molecular flexibility index (Phi) is 7.71. The van der Waals surface area contributed by atoms with E-state index in [-0.39, 0.29) is 6.61 Å². The number of aliphatic hydroxyl groups excluding tert-OH is 1. The van der Waals surface area contributed by atoms with Gasteiger partial charge in [-0.05, 0) is 55.6 Å². The quantitative estimate of drug-likeness (QED) is 0.589. The summed E-state index contributed by atoms with van der Waals surface area (Å²) in [7, 11) is 3.64. The highest BCUT2D eigenvalue weighted by molar-refractivity contribution is 5.43. The fourth-order valence-electron chi connectivity index (χ4n) is 3.24. The number of nitrogens with zero attached hydrogens (tertiary/aromatic N) is 1. The van der Waals surface area contributed by atoms with Crippen LogP contribution in [0.4, 0.5) is 0 Å². The molecule has 1 aliphatic carbocycles. The SMILES string of the molecule is COc1ccc(CNCC2CC2)cc1OCC(O)CN(C)Cc1ccccc1. The van der Waals surface area contributed by atoms with Crippen LogP contribution in [0.2, 0.25) is 0 Å². The first-order chi connectivity index (χ1) is 13.6. The fourth-order valence-corrected chi connectivity index (χ4v) is 3.24. The first kappa shape index (κ1) is 20.6. The molecule has 152 valence electrons. The number of rotatable bonds is 12. The lowest BCUT2D eigenvalue weighted by Crippen LogP contribution is -2.32. The van der Waals surface area contributed by atoms with Crippen molar-refractivity contribution in [2.24, 2.45) is 5.92 Å². The van der Waals surface area contributed by atoms with Crippen LogP contribution in [0.1, 0.15) is 24.0 Å². The summed E-state index contributed by atoms with van der Waals surface area (Å²) in [6.45, 7) is 3.46. The first-order valence-corrected chi connectivity index (χ1v) is 10.0. The molecule has 1 atom stereocenters. The summed E-state index contributed by atoms with van der Waals surface area (Å²) in [6, 6.07) is 16.2. The lowest BCUT2D eigenvalue weighted by atomic mass is 10.2. The highest BCUT2D eigenvalue weighted by atomic mass is 16.5. The van der Waals surface area contributed by atoms with E-state index in [4.69, 9.17) is 9.47 Å². The van der Waals surface area contributed by atoms with Gasteiger partial charge in [0.1, 0.15) is 12.7 Å². The smallest absolute Gasteiger partial charge is 0.161 e. The molecule has 5 nitrogen and oxygen atoms in total. The van der Waals surface area contributed by atoms with Crippen molar-refractivity contribution in [2.45, 2.75) is 32.0 Å². The maximum atomic E-state index is 10.4. The Morgan fingerprint density at radius 2 is 1.89 bits per heavy atom. The van der Waals surface area contributed by atoms with Gasteiger partial charge in [-0.25, -0.2) is 0 Å². The molecule has 0 amide bonds. The molecule has 1 fully saturated rings. The maximum Gasteiger partial charge on any atom is 0.161 e. The van der Waals surface area contributed by atoms with Crippen LogP contribution >= 0.6 is 0 Å². The van der Waals surface area contributed by atoms with Gasteiger partial charge in [-0.3, -0.25) is 4.90 Å². The highest BCUT2D eigenvalue weighted by Gasteiger charge is 2.20. The lowest BCUT2D eigenvalue weighted by Gasteiger charge is -2.21. The topological polar surface area (TPSA) is 54.0 Å². The third-order valence-corrected chi connectivity index (χ3v) is 4.94. The minimum Gasteiger partial charge on any atom is -0.493 e. The molecule has 0 radical (unpaired) electrons. The number of methoxy groups -OCH3 is 1. The van der Waals surface area contributed by atoms with Crippen LogP contribution in [0.15, 0.2) is 48.5 Å². The number of benzene rings is 2. The molecule has 0 saturated heterocycles. The Balaban J connectivity index is 1.47. The number of aliphatic hydroxyl groups is 1. The van der Waals surface area contributed by atoms with Gasteiger partial charge in [0.05, 0.1) is 7.11 Å². The molecule has 0 spiro atoms. The third-order valence-electron chi connectivity index (χ3n) is 4.94. The predicted octanol–water partition coefficient (Wildman–Crippen LogP) is 3.07. The molecular formula is C23H32N2O3. The van der Waals surface area contributed by atoms with Crippen molar-refractivity contribution in [3.8, 4) is 11.5 Å². The fraction of sp³-hybridized carbons (Fsp3) is 0.478. The zero-order valence-corrected chi connectivity index (χ0v) is 16.9. The molecule has 0 heterocycles. The van der Waals surface area contributed by atoms with Crippen molar-refractivity contribution < 1.29 is 14.6 Å². The van der Waals surface area contributed by atoms with E-state index in [9.17, 15) is 5.11 Å². The van der Waals surface area contributed by atoms with E-state index in [2.05, 4.69) is 28.4 Å². The average molecular weight is 385 g/mol. The normalized spacial score (nSPS) is 14.9. The molecule has 2 N–H and O–H groups in total. The Bertz CT molecular complexity index is 719. The Morgan fingerprint density at radius 1 is 1.11 bits per heavy atom. The number of likely N-dealkylation sites (N-methyl/N-ethyl adjacent to an activating group) is 1. The Labute approximate surface area is 168 Å². The second-order valence-corrected chi connectivity index (χ2v) is 7.71. The van der Waals surface area contributed by atoms with Crippen molar-refractivity contribution in [1.82, 2.24) is 10.2 Å². The molecule has 3 rings (SSSR count). The molecule has 2 aromatic rings. The summed E-state index contributed by atoms with van der Waals surface area (Å²) in [4.78, 5) is 2.10. The third kappa shape index (κ3) is 6.82. The summed E-state index contributed by atoms with van der Waals surface area (Å²) in [5.74, 6) is 2.23. The second kappa shape index (κ2) is 10.5. The van der Waals surface area contributed by atoms with Crippen molar-refractivity contribution in [3.05, 3.63) is 59.7 Å². The van der Waals surface area contributed by atoms with Crippen LogP contribution < -0.4 is 14.8 Å². The monoisotopic (exact) mass is 384 g/mol. The summed E-state index contributed by atoms with van der Waals surface area (Å²) in [5.41, 5.74) is 2.39. The number of ether oxygens (including phenoxy) is 2. The lowest BCUT2D eigenvalue weighted by molar-refractivity contribution is 0.0732. The zero-order chi connectivity index (χ0) is 19.8. The Morgan fingerprint density at radius 3 is 2.61 bits per heavy atom. The standard InChI is InChI=1S/C23H32N2O3/c1-25(15-19-6-4-3-5-7-19)16-21(26)17-28-23-12-20(10-11-22(23)27-2)14-24-13-18-8-9-18/h3-7,10-12,18,21,24,26H,8-9,13-17H2,1-2H3. The van der Waals surface area contributed by atoms with Gasteiger partial charge in [-0.15, -0.1) is 0 Å². The molecule has 0 aromatic heterocycles. The minimum absolute atomic E-state index is 0.231. The number of hydrogen-bond acceptors (Lipinski definition) is 5. The molecular weight excluding hydrogens is 352 g/mol. The predicted molar refractivity (Wildman–Crippen MR) is 112 cm³/mol. The van der Waals surface area contributed by atoms with Crippen LogP contribution in [-0.2, 0) is 13.1 Å². The van der Waals surface area contributed by atoms with E-state index >= 15 is 0 Å². The Hall–Kier alpha value is -2.08. The van der Waals surface area contributed by atoms with Crippen molar-refractivity contribution in [3.63, 3.8) is 0 Å². The average Bonchev–Trinajstić information content (AvgIpc) is 3.51. The molecule has 0 bridgehead atoms. The molecule has 1 unspecified atom stereocenters. The van der Waals surface area contributed by atoms with Crippen LogP contribution in [0.5, 0.6) is 11.5 Å². The van der Waals surface area contributed by atoms with Crippen molar-refractivity contribution in [1.29, 1.82) is 0 Å². The van der Waals surface area contributed by atoms with Gasteiger partial charge in [0.2, 0.25) is 0 Å². The molecule has 2 aromatic carbocycles. The summed E-state index contributed by atoms with van der Waals surface area (Å²) in [6.07, 6.45) is 2.12. The highest BCUT2D eigenvalue weighted by Crippen LogP contribution is 2.29. The van der Waals surface area contributed by atoms with Crippen LogP contribution in [0.25, 0.3) is 0 Å². The molecule has 1 aliphatic rings. The molecule has 5 heteroatoms. The van der Waals surface area contributed by atoms with Gasteiger partial charge in [0.15, 0.2) is 11.5 Å². The number of nitrogens with one attached hydrogen (secondary N) is 1. The van der Waals surface area contributed by atoms with E-state index in [0.717, 1.165) is 31.1 Å². The van der Waals surface area contributed by atoms with Crippen LogP contribution in [-0.4, -0.2) is 50.0 Å². The minimum atomic E-state index is -0.574. The van der Waals surface area contributed by atoms with Crippen LogP contribution in [0, 0.1) is 5.92 Å². The van der Waals surface area contributed by atoms with E-state index in [1.807, 2.05) is 37.4 Å². The van der Waals surface area contributed by atoms with Gasteiger partial charge in [-0.2, -0.15) is 0 Å².